The lowest BCUT2D eigenvalue weighted by Gasteiger charge is -2.21. The van der Waals surface area contributed by atoms with Gasteiger partial charge in [0, 0.05) is 12.6 Å². The van der Waals surface area contributed by atoms with Crippen LogP contribution in [0.15, 0.2) is 18.2 Å². The highest BCUT2D eigenvalue weighted by molar-refractivity contribution is 5.26. The molecule has 1 saturated heterocycles. The van der Waals surface area contributed by atoms with Crippen LogP contribution in [0.25, 0.3) is 0 Å². The molecule has 2 nitrogen and oxygen atoms in total. The Balaban J connectivity index is 1.99. The Morgan fingerprint density at radius 3 is 2.95 bits per heavy atom. The lowest BCUT2D eigenvalue weighted by atomic mass is 9.97. The molecule has 1 aromatic carbocycles. The predicted molar refractivity (Wildman–Crippen MR) is 80.4 cm³/mol. The van der Waals surface area contributed by atoms with Gasteiger partial charge in [-0.05, 0) is 62.8 Å². The van der Waals surface area contributed by atoms with Crippen LogP contribution >= 0.6 is 0 Å². The van der Waals surface area contributed by atoms with Crippen molar-refractivity contribution in [3.05, 3.63) is 35.1 Å². The summed E-state index contributed by atoms with van der Waals surface area (Å²) in [7, 11) is 0. The Bertz CT molecular complexity index is 415. The second kappa shape index (κ2) is 7.75. The van der Waals surface area contributed by atoms with E-state index in [1.165, 1.54) is 18.4 Å². The van der Waals surface area contributed by atoms with E-state index in [1.807, 2.05) is 19.1 Å². The zero-order valence-corrected chi connectivity index (χ0v) is 12.6. The van der Waals surface area contributed by atoms with Gasteiger partial charge in [-0.15, -0.1) is 0 Å². The minimum Gasteiger partial charge on any atom is -0.378 e. The van der Waals surface area contributed by atoms with Crippen LogP contribution in [-0.2, 0) is 4.74 Å². The fraction of sp³-hybridized carbons (Fsp3) is 0.647. The molecule has 112 valence electrons. The normalized spacial score (nSPS) is 20.2. The van der Waals surface area contributed by atoms with Gasteiger partial charge in [-0.1, -0.05) is 19.1 Å². The molecule has 0 spiro atoms. The molecule has 1 aliphatic rings. The lowest BCUT2D eigenvalue weighted by molar-refractivity contribution is 0.0996. The monoisotopic (exact) mass is 279 g/mol. The second-order valence-corrected chi connectivity index (χ2v) is 5.73. The number of benzene rings is 1. The molecule has 1 N–H and O–H groups in total. The molecule has 2 atom stereocenters. The van der Waals surface area contributed by atoms with Crippen molar-refractivity contribution in [1.29, 1.82) is 0 Å². The SMILES string of the molecule is CCCNC(CCC1CCCO1)c1ccc(F)c(C)c1. The quantitative estimate of drug-likeness (QED) is 0.810. The molecule has 1 aliphatic heterocycles. The first kappa shape index (κ1) is 15.5. The molecule has 0 bridgehead atoms. The standard InChI is InChI=1S/C17H26FNO/c1-3-10-19-17(9-7-15-5-4-11-20-15)14-6-8-16(18)13(2)12-14/h6,8,12,15,17,19H,3-5,7,9-11H2,1-2H3. The predicted octanol–water partition coefficient (Wildman–Crippen LogP) is 4.13. The summed E-state index contributed by atoms with van der Waals surface area (Å²) < 4.78 is 19.1. The van der Waals surface area contributed by atoms with Crippen LogP contribution in [-0.4, -0.2) is 19.3 Å². The molecule has 20 heavy (non-hydrogen) atoms. The van der Waals surface area contributed by atoms with Crippen molar-refractivity contribution in [2.75, 3.05) is 13.2 Å². The van der Waals surface area contributed by atoms with Crippen LogP contribution in [0.4, 0.5) is 4.39 Å². The average molecular weight is 279 g/mol. The third kappa shape index (κ3) is 4.29. The Morgan fingerprint density at radius 2 is 2.30 bits per heavy atom. The van der Waals surface area contributed by atoms with E-state index in [1.54, 1.807) is 6.07 Å². The van der Waals surface area contributed by atoms with Gasteiger partial charge in [0.05, 0.1) is 6.10 Å². The van der Waals surface area contributed by atoms with Crippen LogP contribution in [0.2, 0.25) is 0 Å². The van der Waals surface area contributed by atoms with E-state index in [9.17, 15) is 4.39 Å². The molecule has 2 rings (SSSR count). The van der Waals surface area contributed by atoms with E-state index in [2.05, 4.69) is 12.2 Å². The summed E-state index contributed by atoms with van der Waals surface area (Å²) in [5.74, 6) is -0.123. The zero-order valence-electron chi connectivity index (χ0n) is 12.6. The summed E-state index contributed by atoms with van der Waals surface area (Å²) in [5.41, 5.74) is 1.92. The maximum Gasteiger partial charge on any atom is 0.126 e. The highest BCUT2D eigenvalue weighted by atomic mass is 19.1. The summed E-state index contributed by atoms with van der Waals surface area (Å²) >= 11 is 0. The van der Waals surface area contributed by atoms with Gasteiger partial charge in [0.15, 0.2) is 0 Å². The first-order chi connectivity index (χ1) is 9.70. The number of ether oxygens (including phenoxy) is 1. The van der Waals surface area contributed by atoms with E-state index in [0.717, 1.165) is 38.0 Å². The highest BCUT2D eigenvalue weighted by Crippen LogP contribution is 2.25. The zero-order chi connectivity index (χ0) is 14.4. The van der Waals surface area contributed by atoms with E-state index >= 15 is 0 Å². The first-order valence-corrected chi connectivity index (χ1v) is 7.81. The highest BCUT2D eigenvalue weighted by Gasteiger charge is 2.19. The van der Waals surface area contributed by atoms with Crippen molar-refractivity contribution in [3.8, 4) is 0 Å². The Hall–Kier alpha value is -0.930. The number of hydrogen-bond acceptors (Lipinski definition) is 2. The molecule has 0 radical (unpaired) electrons. The smallest absolute Gasteiger partial charge is 0.126 e. The van der Waals surface area contributed by atoms with Crippen molar-refractivity contribution >= 4 is 0 Å². The average Bonchev–Trinajstić information content (AvgIpc) is 2.95. The molecule has 2 unspecified atom stereocenters. The molecule has 0 aromatic heterocycles. The molecular formula is C17H26FNO. The fourth-order valence-corrected chi connectivity index (χ4v) is 2.81. The van der Waals surface area contributed by atoms with Gasteiger partial charge in [0.25, 0.3) is 0 Å². The van der Waals surface area contributed by atoms with Gasteiger partial charge in [0.2, 0.25) is 0 Å². The van der Waals surface area contributed by atoms with Gasteiger partial charge in [0.1, 0.15) is 5.82 Å². The Morgan fingerprint density at radius 1 is 1.45 bits per heavy atom. The maximum absolute atomic E-state index is 13.4. The molecular weight excluding hydrogens is 253 g/mol. The van der Waals surface area contributed by atoms with Crippen molar-refractivity contribution < 1.29 is 9.13 Å². The summed E-state index contributed by atoms with van der Waals surface area (Å²) in [6.07, 6.45) is 6.03. The van der Waals surface area contributed by atoms with Gasteiger partial charge >= 0.3 is 0 Å². The van der Waals surface area contributed by atoms with Crippen molar-refractivity contribution in [2.24, 2.45) is 0 Å². The van der Waals surface area contributed by atoms with Crippen LogP contribution in [0, 0.1) is 12.7 Å². The second-order valence-electron chi connectivity index (χ2n) is 5.73. The number of halogens is 1. The fourth-order valence-electron chi connectivity index (χ4n) is 2.81. The largest absolute Gasteiger partial charge is 0.378 e. The summed E-state index contributed by atoms with van der Waals surface area (Å²) in [5, 5.41) is 3.58. The molecule has 0 amide bonds. The molecule has 0 aliphatic carbocycles. The third-order valence-electron chi connectivity index (χ3n) is 4.03. The Kier molecular flexibility index (Phi) is 5.99. The Labute approximate surface area is 121 Å². The number of rotatable bonds is 7. The molecule has 1 heterocycles. The van der Waals surface area contributed by atoms with E-state index in [-0.39, 0.29) is 5.82 Å². The molecule has 1 fully saturated rings. The van der Waals surface area contributed by atoms with Crippen molar-refractivity contribution in [2.45, 2.75) is 58.1 Å². The summed E-state index contributed by atoms with van der Waals surface area (Å²) in [4.78, 5) is 0. The van der Waals surface area contributed by atoms with E-state index in [4.69, 9.17) is 4.74 Å². The van der Waals surface area contributed by atoms with Gasteiger partial charge in [-0.3, -0.25) is 0 Å². The third-order valence-corrected chi connectivity index (χ3v) is 4.03. The van der Waals surface area contributed by atoms with E-state index < -0.39 is 0 Å². The number of aryl methyl sites for hydroxylation is 1. The van der Waals surface area contributed by atoms with Gasteiger partial charge < -0.3 is 10.1 Å². The summed E-state index contributed by atoms with van der Waals surface area (Å²) in [6.45, 7) is 5.90. The van der Waals surface area contributed by atoms with E-state index in [0.29, 0.717) is 12.1 Å². The topological polar surface area (TPSA) is 21.3 Å². The summed E-state index contributed by atoms with van der Waals surface area (Å²) in [6, 6.07) is 5.76. The first-order valence-electron chi connectivity index (χ1n) is 7.81. The molecule has 1 aromatic rings. The number of nitrogens with one attached hydrogen (secondary N) is 1. The van der Waals surface area contributed by atoms with Crippen LogP contribution < -0.4 is 5.32 Å². The maximum atomic E-state index is 13.4. The minimum absolute atomic E-state index is 0.123. The van der Waals surface area contributed by atoms with Gasteiger partial charge in [-0.2, -0.15) is 0 Å². The molecule has 0 saturated carbocycles. The lowest BCUT2D eigenvalue weighted by Crippen LogP contribution is -2.23. The minimum atomic E-state index is -0.123. The van der Waals surface area contributed by atoms with Gasteiger partial charge in [-0.25, -0.2) is 4.39 Å². The number of hydrogen-bond donors (Lipinski definition) is 1. The molecule has 3 heteroatoms. The van der Waals surface area contributed by atoms with Crippen LogP contribution in [0.1, 0.15) is 56.2 Å². The van der Waals surface area contributed by atoms with Crippen LogP contribution in [0.5, 0.6) is 0 Å². The van der Waals surface area contributed by atoms with Crippen molar-refractivity contribution in [1.82, 2.24) is 5.32 Å². The van der Waals surface area contributed by atoms with Crippen LogP contribution in [0.3, 0.4) is 0 Å². The van der Waals surface area contributed by atoms with Crippen molar-refractivity contribution in [3.63, 3.8) is 0 Å².